The molecular formula is C28H22F4N2O3. The molecule has 190 valence electrons. The lowest BCUT2D eigenvalue weighted by atomic mass is 9.99. The fraction of sp³-hybridized carbons (Fsp3) is 0.143. The maximum atomic E-state index is 14.8. The molecule has 1 aromatic heterocycles. The quantitative estimate of drug-likeness (QED) is 0.291. The number of amides is 1. The van der Waals surface area contributed by atoms with Crippen molar-refractivity contribution < 1.29 is 32.2 Å². The van der Waals surface area contributed by atoms with Crippen LogP contribution in [0.3, 0.4) is 0 Å². The predicted octanol–water partition coefficient (Wildman–Crippen LogP) is 5.87. The van der Waals surface area contributed by atoms with Gasteiger partial charge in [-0.2, -0.15) is 13.2 Å². The summed E-state index contributed by atoms with van der Waals surface area (Å²) in [6.07, 6.45) is -3.23. The van der Waals surface area contributed by atoms with Crippen molar-refractivity contribution in [3.05, 3.63) is 108 Å². The number of nitrogens with one attached hydrogen (secondary N) is 1. The van der Waals surface area contributed by atoms with Crippen LogP contribution in [0.5, 0.6) is 5.75 Å². The van der Waals surface area contributed by atoms with Crippen LogP contribution in [0.4, 0.5) is 17.6 Å². The second-order valence-electron chi connectivity index (χ2n) is 8.09. The van der Waals surface area contributed by atoms with Gasteiger partial charge in [-0.25, -0.2) is 4.39 Å². The first-order valence-electron chi connectivity index (χ1n) is 11.3. The van der Waals surface area contributed by atoms with Gasteiger partial charge in [0, 0.05) is 23.9 Å². The molecule has 37 heavy (non-hydrogen) atoms. The fourth-order valence-corrected chi connectivity index (χ4v) is 3.71. The summed E-state index contributed by atoms with van der Waals surface area (Å²) in [5, 5.41) is 11.3. The lowest BCUT2D eigenvalue weighted by Crippen LogP contribution is -2.27. The number of pyridine rings is 1. The van der Waals surface area contributed by atoms with Crippen LogP contribution < -0.4 is 10.1 Å². The highest BCUT2D eigenvalue weighted by Gasteiger charge is 2.34. The number of carbonyl (C=O) groups excluding carboxylic acids is 1. The number of hydrogen-bond donors (Lipinski definition) is 2. The van der Waals surface area contributed by atoms with Crippen molar-refractivity contribution >= 4 is 5.91 Å². The first-order chi connectivity index (χ1) is 17.8. The van der Waals surface area contributed by atoms with E-state index in [0.717, 1.165) is 6.07 Å². The molecule has 0 saturated carbocycles. The van der Waals surface area contributed by atoms with Crippen LogP contribution in [0.1, 0.15) is 21.6 Å². The van der Waals surface area contributed by atoms with Crippen LogP contribution in [-0.4, -0.2) is 29.1 Å². The second-order valence-corrected chi connectivity index (χ2v) is 8.09. The average Bonchev–Trinajstić information content (AvgIpc) is 2.90. The van der Waals surface area contributed by atoms with Gasteiger partial charge in [-0.1, -0.05) is 54.6 Å². The lowest BCUT2D eigenvalue weighted by Gasteiger charge is -2.15. The van der Waals surface area contributed by atoms with Crippen molar-refractivity contribution in [2.45, 2.75) is 12.8 Å². The van der Waals surface area contributed by atoms with Gasteiger partial charge in [0.15, 0.2) is 0 Å². The van der Waals surface area contributed by atoms with Crippen LogP contribution >= 0.6 is 0 Å². The number of aromatic nitrogens is 1. The first kappa shape index (κ1) is 25.8. The van der Waals surface area contributed by atoms with Gasteiger partial charge in [-0.3, -0.25) is 9.78 Å². The zero-order chi connectivity index (χ0) is 26.4. The lowest BCUT2D eigenvalue weighted by molar-refractivity contribution is -0.137. The minimum Gasteiger partial charge on any atom is -0.489 e. The summed E-state index contributed by atoms with van der Waals surface area (Å²) in [5.74, 6) is -1.02. The summed E-state index contributed by atoms with van der Waals surface area (Å²) in [6.45, 7) is -0.246. The Balaban J connectivity index is 1.48. The molecule has 5 nitrogen and oxygen atoms in total. The average molecular weight is 510 g/mol. The summed E-state index contributed by atoms with van der Waals surface area (Å²) in [5.41, 5.74) is 0.890. The van der Waals surface area contributed by atoms with E-state index in [1.165, 1.54) is 36.5 Å². The molecule has 3 aromatic carbocycles. The third-order valence-corrected chi connectivity index (χ3v) is 5.52. The van der Waals surface area contributed by atoms with E-state index >= 15 is 0 Å². The smallest absolute Gasteiger partial charge is 0.417 e. The Kier molecular flexibility index (Phi) is 7.83. The number of alkyl halides is 3. The molecule has 0 aliphatic rings. The van der Waals surface area contributed by atoms with E-state index in [2.05, 4.69) is 10.3 Å². The molecule has 0 unspecified atom stereocenters. The van der Waals surface area contributed by atoms with Crippen molar-refractivity contribution in [1.82, 2.24) is 10.3 Å². The van der Waals surface area contributed by atoms with Crippen LogP contribution in [0, 0.1) is 5.82 Å². The molecule has 1 amide bonds. The molecule has 1 heterocycles. The first-order valence-corrected chi connectivity index (χ1v) is 11.3. The maximum absolute atomic E-state index is 14.8. The number of carbonyl (C=O) groups is 1. The van der Waals surface area contributed by atoms with Crippen molar-refractivity contribution in [2.75, 3.05) is 13.2 Å². The third-order valence-electron chi connectivity index (χ3n) is 5.52. The van der Waals surface area contributed by atoms with Crippen molar-refractivity contribution in [3.63, 3.8) is 0 Å². The number of nitrogens with zero attached hydrogens (tertiary/aromatic N) is 1. The summed E-state index contributed by atoms with van der Waals surface area (Å²) >= 11 is 0. The number of hydrogen-bond acceptors (Lipinski definition) is 4. The van der Waals surface area contributed by atoms with E-state index in [4.69, 9.17) is 9.84 Å². The van der Waals surface area contributed by atoms with E-state index < -0.39 is 23.5 Å². The minimum absolute atomic E-state index is 0.00996. The molecule has 4 aromatic rings. The highest BCUT2D eigenvalue weighted by atomic mass is 19.4. The number of aliphatic hydroxyl groups excluding tert-OH is 1. The molecule has 0 spiro atoms. The highest BCUT2D eigenvalue weighted by Crippen LogP contribution is 2.39. The van der Waals surface area contributed by atoms with E-state index in [-0.39, 0.29) is 42.3 Å². The van der Waals surface area contributed by atoms with E-state index in [1.807, 2.05) is 0 Å². The monoisotopic (exact) mass is 510 g/mol. The highest BCUT2D eigenvalue weighted by molar-refractivity contribution is 5.92. The molecule has 0 aliphatic carbocycles. The molecule has 2 N–H and O–H groups in total. The van der Waals surface area contributed by atoms with Gasteiger partial charge in [0.2, 0.25) is 0 Å². The van der Waals surface area contributed by atoms with Gasteiger partial charge in [-0.05, 0) is 41.0 Å². The van der Waals surface area contributed by atoms with Crippen molar-refractivity contribution in [2.24, 2.45) is 0 Å². The summed E-state index contributed by atoms with van der Waals surface area (Å²) in [7, 11) is 0. The maximum Gasteiger partial charge on any atom is 0.417 e. The molecule has 0 fully saturated rings. The molecule has 9 heteroatoms. The Morgan fingerprint density at radius 2 is 1.68 bits per heavy atom. The molecule has 0 aliphatic heterocycles. The fourth-order valence-electron chi connectivity index (χ4n) is 3.71. The Labute approximate surface area is 210 Å². The van der Waals surface area contributed by atoms with Crippen molar-refractivity contribution in [3.8, 4) is 28.0 Å². The van der Waals surface area contributed by atoms with Crippen LogP contribution in [-0.2, 0) is 12.8 Å². The number of halogens is 4. The van der Waals surface area contributed by atoms with Crippen LogP contribution in [0.25, 0.3) is 22.3 Å². The zero-order valence-corrected chi connectivity index (χ0v) is 19.4. The SMILES string of the molecule is O=C(NCCO)c1ccc(-c2ccc(COc3ccc(-c4ccccc4)c(C(F)(F)F)c3)cc2F)cn1. The standard InChI is InChI=1S/C28H22F4N2O3/c29-25-14-18(6-9-23(25)20-7-11-26(34-16-20)27(36)33-12-13-35)17-37-21-8-10-22(19-4-2-1-3-5-19)24(15-21)28(30,31)32/h1-11,14-16,35H,12-13,17H2,(H,33,36). The number of aliphatic hydroxyl groups is 1. The van der Waals surface area contributed by atoms with Gasteiger partial charge in [0.05, 0.1) is 12.2 Å². The van der Waals surface area contributed by atoms with Gasteiger partial charge in [0.1, 0.15) is 23.9 Å². The van der Waals surface area contributed by atoms with E-state index in [9.17, 15) is 22.4 Å². The summed E-state index contributed by atoms with van der Waals surface area (Å²) in [6, 6.07) is 19.3. The van der Waals surface area contributed by atoms with Crippen LogP contribution in [0.2, 0.25) is 0 Å². The Morgan fingerprint density at radius 1 is 0.919 bits per heavy atom. The van der Waals surface area contributed by atoms with Gasteiger partial charge >= 0.3 is 6.18 Å². The number of rotatable bonds is 8. The van der Waals surface area contributed by atoms with Gasteiger partial charge < -0.3 is 15.2 Å². The van der Waals surface area contributed by atoms with Gasteiger partial charge in [-0.15, -0.1) is 0 Å². The zero-order valence-electron chi connectivity index (χ0n) is 19.4. The largest absolute Gasteiger partial charge is 0.489 e. The molecule has 4 rings (SSSR count). The minimum atomic E-state index is -4.58. The Bertz CT molecular complexity index is 1370. The van der Waals surface area contributed by atoms with E-state index in [0.29, 0.717) is 16.7 Å². The molecule has 0 atom stereocenters. The normalized spacial score (nSPS) is 11.3. The van der Waals surface area contributed by atoms with Crippen molar-refractivity contribution in [1.29, 1.82) is 0 Å². The molecular weight excluding hydrogens is 488 g/mol. The third kappa shape index (κ3) is 6.31. The second kappa shape index (κ2) is 11.2. The molecule has 0 bridgehead atoms. The predicted molar refractivity (Wildman–Crippen MR) is 130 cm³/mol. The number of ether oxygens (including phenoxy) is 1. The Morgan fingerprint density at radius 3 is 2.32 bits per heavy atom. The summed E-state index contributed by atoms with van der Waals surface area (Å²) < 4.78 is 61.5. The Hall–Kier alpha value is -4.24. The molecule has 0 saturated heterocycles. The van der Waals surface area contributed by atoms with E-state index in [1.54, 1.807) is 42.5 Å². The topological polar surface area (TPSA) is 71.5 Å². The number of benzene rings is 3. The summed E-state index contributed by atoms with van der Waals surface area (Å²) in [4.78, 5) is 15.9. The molecule has 0 radical (unpaired) electrons. The van der Waals surface area contributed by atoms with Gasteiger partial charge in [0.25, 0.3) is 5.91 Å². The van der Waals surface area contributed by atoms with Crippen LogP contribution in [0.15, 0.2) is 85.1 Å².